The normalized spacial score (nSPS) is 13.4. The summed E-state index contributed by atoms with van der Waals surface area (Å²) in [6, 6.07) is 75.2. The highest BCUT2D eigenvalue weighted by Crippen LogP contribution is 2.58. The van der Waals surface area contributed by atoms with Crippen LogP contribution in [-0.2, 0) is 40.4 Å². The van der Waals surface area contributed by atoms with E-state index in [1.54, 1.807) is 7.11 Å². The Bertz CT molecular complexity index is 3560. The summed E-state index contributed by atoms with van der Waals surface area (Å²) >= 11 is 0. The topological polar surface area (TPSA) is 94.6 Å². The van der Waals surface area contributed by atoms with Gasteiger partial charge in [-0.15, -0.1) is 0 Å². The summed E-state index contributed by atoms with van der Waals surface area (Å²) in [5, 5.41) is 9.01. The van der Waals surface area contributed by atoms with Crippen LogP contribution in [0.2, 0.25) is 0 Å². The van der Waals surface area contributed by atoms with Gasteiger partial charge < -0.3 is 53.0 Å². The summed E-state index contributed by atoms with van der Waals surface area (Å²) in [6.07, 6.45) is 0. The molecule has 11 nitrogen and oxygen atoms in total. The lowest BCUT2D eigenvalue weighted by Gasteiger charge is -2.36. The molecule has 1 aliphatic carbocycles. The molecule has 438 valence electrons. The van der Waals surface area contributed by atoms with Crippen molar-refractivity contribution in [1.29, 1.82) is 0 Å². The SMILES string of the molecule is COCCOCCOCCOc1ccc(C2(c3ccc(COCCOCCOCCO)c(C)c3)c3cc(C)ccc3-c3ccc(-c4ccc(N(c5ccccc5)c5ccc(N(c6ccccc6)c6ccc(C)cc6)cc5)cc4)cc32)cc1N(C)C. The molecule has 1 N–H and O–H groups in total. The third-order valence-electron chi connectivity index (χ3n) is 15.6. The fourth-order valence-electron chi connectivity index (χ4n) is 11.4. The molecule has 0 heterocycles. The summed E-state index contributed by atoms with van der Waals surface area (Å²) in [4.78, 5) is 6.76. The number of aryl methyl sites for hydroxylation is 3. The van der Waals surface area contributed by atoms with E-state index in [0.29, 0.717) is 79.3 Å². The van der Waals surface area contributed by atoms with Crippen molar-refractivity contribution in [3.8, 4) is 28.0 Å². The Morgan fingerprint density at radius 1 is 0.400 bits per heavy atom. The quantitative estimate of drug-likeness (QED) is 0.0436. The summed E-state index contributed by atoms with van der Waals surface area (Å²) in [6.45, 7) is 11.9. The summed E-state index contributed by atoms with van der Waals surface area (Å²) in [5.41, 5.74) is 20.7. The van der Waals surface area contributed by atoms with E-state index in [1.807, 2.05) is 0 Å². The van der Waals surface area contributed by atoms with Crippen LogP contribution in [0.15, 0.2) is 206 Å². The van der Waals surface area contributed by atoms with Crippen LogP contribution in [0.25, 0.3) is 22.3 Å². The monoisotopic (exact) mass is 1140 g/mol. The molecule has 1 atom stereocenters. The number of nitrogens with zero attached hydrogens (tertiary/aromatic N) is 3. The molecule has 0 saturated carbocycles. The standard InChI is InChI=1S/C74H79N3O8/c1-54-17-26-64(27-18-54)76(62-13-9-7-10-14-62)66-30-32-67(33-31-66)77(63-15-11-8-12-16-63)65-28-21-57(22-29-65)58-23-35-69-68-34-19-55(2)49-70(68)74(71(69)51-58,60-24-20-59(56(3)50-60)53-84-46-45-82-42-41-80-38-37-78)61-25-36-73(72(52-61)75(4)5)85-48-47-83-44-43-81-40-39-79-6/h7-36,49-52,78H,37-48,53H2,1-6H3. The first-order chi connectivity index (χ1) is 41.7. The average Bonchev–Trinajstić information content (AvgIpc) is 1.61. The van der Waals surface area contributed by atoms with E-state index in [2.05, 4.69) is 256 Å². The fraction of sp³-hybridized carbons (Fsp3) is 0.270. The van der Waals surface area contributed by atoms with Crippen molar-refractivity contribution in [2.45, 2.75) is 32.8 Å². The summed E-state index contributed by atoms with van der Waals surface area (Å²) in [5.74, 6) is 0.780. The number of benzene rings is 9. The molecule has 0 fully saturated rings. The van der Waals surface area contributed by atoms with Gasteiger partial charge >= 0.3 is 0 Å². The minimum absolute atomic E-state index is 0.00208. The van der Waals surface area contributed by atoms with E-state index >= 15 is 0 Å². The maximum Gasteiger partial charge on any atom is 0.142 e. The smallest absolute Gasteiger partial charge is 0.142 e. The number of rotatable bonds is 30. The van der Waals surface area contributed by atoms with Gasteiger partial charge in [-0.25, -0.2) is 0 Å². The average molecular weight is 1140 g/mol. The molecule has 9 aromatic rings. The number of ether oxygens (including phenoxy) is 7. The van der Waals surface area contributed by atoms with Crippen molar-refractivity contribution in [3.63, 3.8) is 0 Å². The number of fused-ring (bicyclic) bond motifs is 3. The maximum atomic E-state index is 9.01. The molecule has 10 rings (SSSR count). The zero-order valence-corrected chi connectivity index (χ0v) is 50.0. The minimum atomic E-state index is -0.732. The molecule has 0 radical (unpaired) electrons. The molecule has 0 aromatic heterocycles. The molecule has 0 saturated heterocycles. The second-order valence-corrected chi connectivity index (χ2v) is 21.6. The van der Waals surface area contributed by atoms with Gasteiger partial charge in [-0.05, 0) is 167 Å². The molecule has 85 heavy (non-hydrogen) atoms. The Morgan fingerprint density at radius 2 is 0.859 bits per heavy atom. The van der Waals surface area contributed by atoms with Gasteiger partial charge in [-0.3, -0.25) is 0 Å². The van der Waals surface area contributed by atoms with Crippen LogP contribution in [-0.4, -0.2) is 106 Å². The number of hydrogen-bond donors (Lipinski definition) is 1. The molecule has 0 spiro atoms. The predicted octanol–water partition coefficient (Wildman–Crippen LogP) is 15.2. The van der Waals surface area contributed by atoms with Gasteiger partial charge in [-0.2, -0.15) is 0 Å². The molecular formula is C74H79N3O8. The highest BCUT2D eigenvalue weighted by molar-refractivity contribution is 5.90. The van der Waals surface area contributed by atoms with Gasteiger partial charge in [-0.1, -0.05) is 126 Å². The zero-order valence-electron chi connectivity index (χ0n) is 50.0. The van der Waals surface area contributed by atoms with Crippen molar-refractivity contribution in [3.05, 3.63) is 251 Å². The third-order valence-corrected chi connectivity index (χ3v) is 15.6. The highest BCUT2D eigenvalue weighted by Gasteiger charge is 2.47. The Labute approximate surface area is 502 Å². The lowest BCUT2D eigenvalue weighted by atomic mass is 9.66. The van der Waals surface area contributed by atoms with Gasteiger partial charge in [0.25, 0.3) is 0 Å². The van der Waals surface area contributed by atoms with Crippen LogP contribution in [0.1, 0.15) is 44.5 Å². The lowest BCUT2D eigenvalue weighted by Crippen LogP contribution is -2.29. The van der Waals surface area contributed by atoms with E-state index in [9.17, 15) is 0 Å². The van der Waals surface area contributed by atoms with E-state index in [0.717, 1.165) is 78.9 Å². The second-order valence-electron chi connectivity index (χ2n) is 21.6. The summed E-state index contributed by atoms with van der Waals surface area (Å²) in [7, 11) is 5.81. The largest absolute Gasteiger partial charge is 0.489 e. The first-order valence-corrected chi connectivity index (χ1v) is 29.4. The number of para-hydroxylation sites is 2. The van der Waals surface area contributed by atoms with Crippen LogP contribution in [0.4, 0.5) is 39.8 Å². The van der Waals surface area contributed by atoms with Crippen molar-refractivity contribution < 1.29 is 38.3 Å². The van der Waals surface area contributed by atoms with Crippen LogP contribution < -0.4 is 19.4 Å². The molecule has 1 aliphatic rings. The lowest BCUT2D eigenvalue weighted by molar-refractivity contribution is 0.00444. The Kier molecular flexibility index (Phi) is 20.6. The number of aliphatic hydroxyl groups is 1. The van der Waals surface area contributed by atoms with E-state index < -0.39 is 5.41 Å². The van der Waals surface area contributed by atoms with Crippen LogP contribution in [0.5, 0.6) is 5.75 Å². The van der Waals surface area contributed by atoms with Crippen LogP contribution in [0.3, 0.4) is 0 Å². The van der Waals surface area contributed by atoms with E-state index in [-0.39, 0.29) is 6.61 Å². The number of hydrogen-bond acceptors (Lipinski definition) is 11. The van der Waals surface area contributed by atoms with Crippen LogP contribution >= 0.6 is 0 Å². The molecule has 11 heteroatoms. The highest BCUT2D eigenvalue weighted by atomic mass is 16.6. The van der Waals surface area contributed by atoms with Gasteiger partial charge in [0.1, 0.15) is 12.4 Å². The van der Waals surface area contributed by atoms with Crippen molar-refractivity contribution in [2.24, 2.45) is 0 Å². The maximum absolute atomic E-state index is 9.01. The third kappa shape index (κ3) is 14.0. The number of anilines is 7. The molecule has 1 unspecified atom stereocenters. The molecule has 0 aliphatic heterocycles. The van der Waals surface area contributed by atoms with Gasteiger partial charge in [0, 0.05) is 55.3 Å². The van der Waals surface area contributed by atoms with Gasteiger partial charge in [0.05, 0.1) is 90.4 Å². The zero-order chi connectivity index (χ0) is 59.0. The van der Waals surface area contributed by atoms with E-state index in [1.165, 1.54) is 33.4 Å². The number of aliphatic hydroxyl groups excluding tert-OH is 1. The molecule has 0 bridgehead atoms. The first-order valence-electron chi connectivity index (χ1n) is 29.4. The number of methoxy groups -OCH3 is 1. The Morgan fingerprint density at radius 3 is 1.42 bits per heavy atom. The molecule has 0 amide bonds. The van der Waals surface area contributed by atoms with Crippen LogP contribution in [0, 0.1) is 20.8 Å². The molecular weight excluding hydrogens is 1060 g/mol. The Hall–Kier alpha value is -8.10. The Balaban J connectivity index is 1.01. The first kappa shape index (κ1) is 60.0. The summed E-state index contributed by atoms with van der Waals surface area (Å²) < 4.78 is 40.4. The molecule has 9 aromatic carbocycles. The van der Waals surface area contributed by atoms with Crippen molar-refractivity contribution in [1.82, 2.24) is 0 Å². The minimum Gasteiger partial charge on any atom is -0.489 e. The van der Waals surface area contributed by atoms with Crippen molar-refractivity contribution >= 4 is 39.8 Å². The second kappa shape index (κ2) is 29.1. The van der Waals surface area contributed by atoms with Gasteiger partial charge in [0.2, 0.25) is 0 Å². The van der Waals surface area contributed by atoms with Crippen molar-refractivity contribution in [2.75, 3.05) is 115 Å². The van der Waals surface area contributed by atoms with E-state index in [4.69, 9.17) is 38.3 Å². The van der Waals surface area contributed by atoms with Gasteiger partial charge in [0.15, 0.2) is 0 Å². The predicted molar refractivity (Wildman–Crippen MR) is 344 cm³/mol. The fourth-order valence-corrected chi connectivity index (χ4v) is 11.4.